The van der Waals surface area contributed by atoms with Crippen molar-refractivity contribution in [3.05, 3.63) is 47.0 Å². The molecule has 1 N–H and O–H groups in total. The molecule has 2 fully saturated rings. The Labute approximate surface area is 213 Å². The Morgan fingerprint density at radius 3 is 2.46 bits per heavy atom. The summed E-state index contributed by atoms with van der Waals surface area (Å²) in [6, 6.07) is 8.64. The molecule has 4 aromatic rings. The molecule has 2 saturated heterocycles. The molecule has 6 rings (SSSR count). The third kappa shape index (κ3) is 3.76. The molecule has 1 amide bonds. The van der Waals surface area contributed by atoms with Crippen molar-refractivity contribution in [1.29, 1.82) is 0 Å². The van der Waals surface area contributed by atoms with E-state index >= 15 is 0 Å². The van der Waals surface area contributed by atoms with Gasteiger partial charge in [0.15, 0.2) is 0 Å². The van der Waals surface area contributed by atoms with Gasteiger partial charge in [-0.3, -0.25) is 4.79 Å². The summed E-state index contributed by atoms with van der Waals surface area (Å²) in [7, 11) is -0.341. The van der Waals surface area contributed by atoms with Crippen LogP contribution in [0.1, 0.15) is 52.4 Å². The lowest BCUT2D eigenvalue weighted by Gasteiger charge is -2.32. The maximum absolute atomic E-state index is 11.3. The average molecular weight is 505 g/mol. The number of likely N-dealkylation sites (tertiary alicyclic amines) is 1. The molecule has 0 bridgehead atoms. The van der Waals surface area contributed by atoms with Crippen molar-refractivity contribution in [3.8, 4) is 22.4 Å². The van der Waals surface area contributed by atoms with Crippen LogP contribution in [0.4, 0.5) is 0 Å². The fourth-order valence-electron chi connectivity index (χ4n) is 4.86. The van der Waals surface area contributed by atoms with E-state index in [9.17, 15) is 4.79 Å². The van der Waals surface area contributed by atoms with Gasteiger partial charge in [-0.25, -0.2) is 4.98 Å². The first-order valence-corrected chi connectivity index (χ1v) is 13.7. The van der Waals surface area contributed by atoms with Gasteiger partial charge in [-0.05, 0) is 57.0 Å². The number of aromatic amines is 1. The number of thiophene rings is 2. The van der Waals surface area contributed by atoms with Crippen molar-refractivity contribution in [2.45, 2.75) is 57.8 Å². The van der Waals surface area contributed by atoms with Gasteiger partial charge in [0.05, 0.1) is 33.8 Å². The van der Waals surface area contributed by atoms with Crippen LogP contribution in [0.5, 0.6) is 0 Å². The number of hydrogen-bond donors (Lipinski definition) is 1. The molecule has 1 atom stereocenters. The van der Waals surface area contributed by atoms with Gasteiger partial charge in [0.25, 0.3) is 0 Å². The fraction of sp³-hybridized carbons (Fsp3) is 0.385. The Balaban J connectivity index is 1.25. The Morgan fingerprint density at radius 1 is 1.06 bits per heavy atom. The van der Waals surface area contributed by atoms with Gasteiger partial charge in [0.2, 0.25) is 6.41 Å². The second-order valence-electron chi connectivity index (χ2n) is 10.3. The van der Waals surface area contributed by atoms with Crippen LogP contribution in [-0.2, 0) is 14.1 Å². The molecule has 0 aliphatic carbocycles. The van der Waals surface area contributed by atoms with Crippen molar-refractivity contribution in [3.63, 3.8) is 0 Å². The number of H-pyrrole nitrogens is 1. The molecule has 9 heteroatoms. The first-order chi connectivity index (χ1) is 16.8. The first kappa shape index (κ1) is 23.0. The first-order valence-electron chi connectivity index (χ1n) is 12.0. The zero-order valence-electron chi connectivity index (χ0n) is 20.3. The molecule has 5 heterocycles. The largest absolute Gasteiger partial charge is 0.497 e. The Kier molecular flexibility index (Phi) is 5.45. The number of fused-ring (bicyclic) bond motifs is 1. The molecular weight excluding hydrogens is 477 g/mol. The Bertz CT molecular complexity index is 1370. The zero-order chi connectivity index (χ0) is 24.4. The predicted octanol–water partition coefficient (Wildman–Crippen LogP) is 5.61. The number of carbonyl (C=O) groups excluding carboxylic acids is 1. The minimum absolute atomic E-state index is 0.0524. The van der Waals surface area contributed by atoms with E-state index in [1.54, 1.807) is 22.7 Å². The number of imidazole rings is 1. The smallest absolute Gasteiger partial charge is 0.399 e. The van der Waals surface area contributed by atoms with E-state index in [-0.39, 0.29) is 24.4 Å². The molecule has 2 aliphatic rings. The highest BCUT2D eigenvalue weighted by atomic mass is 32.1. The Hall–Kier alpha value is -2.46. The van der Waals surface area contributed by atoms with E-state index in [1.807, 2.05) is 11.1 Å². The molecule has 2 aliphatic heterocycles. The van der Waals surface area contributed by atoms with Crippen molar-refractivity contribution >= 4 is 51.1 Å². The molecule has 6 nitrogen and oxygen atoms in total. The van der Waals surface area contributed by atoms with Crippen LogP contribution >= 0.6 is 22.7 Å². The second-order valence-corrected chi connectivity index (χ2v) is 12.1. The number of benzene rings is 1. The summed E-state index contributed by atoms with van der Waals surface area (Å²) in [4.78, 5) is 21.1. The SMILES string of the molecule is CC1(C)OB(c2csc3c(-c4ccc(-c5cnc(C6CCCN6C=O)[nH]5)cc4)csc23)OC1(C)C. The van der Waals surface area contributed by atoms with Gasteiger partial charge in [-0.2, -0.15) is 0 Å². The number of rotatable bonds is 5. The monoisotopic (exact) mass is 505 g/mol. The van der Waals surface area contributed by atoms with Gasteiger partial charge < -0.3 is 19.2 Å². The van der Waals surface area contributed by atoms with Crippen LogP contribution in [-0.4, -0.2) is 46.1 Å². The summed E-state index contributed by atoms with van der Waals surface area (Å²) < 4.78 is 15.1. The minimum Gasteiger partial charge on any atom is -0.399 e. The van der Waals surface area contributed by atoms with Crippen molar-refractivity contribution in [1.82, 2.24) is 14.9 Å². The minimum atomic E-state index is -0.350. The number of hydrogen-bond acceptors (Lipinski definition) is 6. The van der Waals surface area contributed by atoms with Gasteiger partial charge in [-0.15, -0.1) is 22.7 Å². The van der Waals surface area contributed by atoms with Crippen LogP contribution in [0.2, 0.25) is 0 Å². The third-order valence-electron chi connectivity index (χ3n) is 7.67. The number of amides is 1. The molecule has 0 radical (unpaired) electrons. The summed E-state index contributed by atoms with van der Waals surface area (Å²) in [6.45, 7) is 9.16. The third-order valence-corrected chi connectivity index (χ3v) is 9.86. The van der Waals surface area contributed by atoms with Crippen molar-refractivity contribution < 1.29 is 14.1 Å². The molecule has 0 saturated carbocycles. The lowest BCUT2D eigenvalue weighted by atomic mass is 9.81. The molecule has 1 unspecified atom stereocenters. The van der Waals surface area contributed by atoms with Crippen LogP contribution < -0.4 is 5.46 Å². The van der Waals surface area contributed by atoms with Gasteiger partial charge in [0, 0.05) is 27.7 Å². The molecule has 1 aromatic carbocycles. The van der Waals surface area contributed by atoms with E-state index < -0.39 is 0 Å². The van der Waals surface area contributed by atoms with E-state index in [1.165, 1.54) is 20.5 Å². The predicted molar refractivity (Wildman–Crippen MR) is 143 cm³/mol. The summed E-state index contributed by atoms with van der Waals surface area (Å²) >= 11 is 3.50. The quantitative estimate of drug-likeness (QED) is 0.283. The molecular formula is C26H28BN3O3S2. The number of nitrogens with zero attached hydrogens (tertiary/aromatic N) is 2. The van der Waals surface area contributed by atoms with Crippen LogP contribution in [0.25, 0.3) is 31.8 Å². The molecule has 35 heavy (non-hydrogen) atoms. The lowest BCUT2D eigenvalue weighted by molar-refractivity contribution is -0.119. The van der Waals surface area contributed by atoms with Gasteiger partial charge in [0.1, 0.15) is 5.82 Å². The molecule has 3 aromatic heterocycles. The lowest BCUT2D eigenvalue weighted by Crippen LogP contribution is -2.41. The number of nitrogens with one attached hydrogen (secondary N) is 1. The van der Waals surface area contributed by atoms with Crippen LogP contribution in [0, 0.1) is 0 Å². The Morgan fingerprint density at radius 2 is 1.74 bits per heavy atom. The maximum atomic E-state index is 11.3. The molecule has 180 valence electrons. The highest BCUT2D eigenvalue weighted by Crippen LogP contribution is 2.41. The average Bonchev–Trinajstić information content (AvgIpc) is 3.63. The number of aromatic nitrogens is 2. The summed E-state index contributed by atoms with van der Waals surface area (Å²) in [5, 5.41) is 4.41. The standard InChI is InChI=1S/C26H28BN3O3S2/c1-25(2)26(3,4)33-27(32-25)19-14-35-22-18(13-34-23(19)22)16-7-9-17(10-8-16)20-12-28-24(29-20)21-6-5-11-30(21)15-31/h7-10,12-15,21H,5-6,11H2,1-4H3,(H,28,29). The van der Waals surface area contributed by atoms with Crippen LogP contribution in [0.3, 0.4) is 0 Å². The van der Waals surface area contributed by atoms with Gasteiger partial charge >= 0.3 is 7.12 Å². The maximum Gasteiger partial charge on any atom is 0.497 e. The van der Waals surface area contributed by atoms with E-state index in [0.717, 1.165) is 48.3 Å². The summed E-state index contributed by atoms with van der Waals surface area (Å²) in [6.07, 6.45) is 4.76. The summed E-state index contributed by atoms with van der Waals surface area (Å²) in [5.41, 5.74) is 4.90. The second kappa shape index (κ2) is 8.30. The number of carbonyl (C=O) groups is 1. The highest BCUT2D eigenvalue weighted by molar-refractivity contribution is 7.29. The normalized spacial score (nSPS) is 21.3. The van der Waals surface area contributed by atoms with Crippen LogP contribution in [0.15, 0.2) is 41.2 Å². The summed E-state index contributed by atoms with van der Waals surface area (Å²) in [5.74, 6) is 0.863. The van der Waals surface area contributed by atoms with E-state index in [0.29, 0.717) is 0 Å². The fourth-order valence-corrected chi connectivity index (χ4v) is 7.30. The molecule has 0 spiro atoms. The topological polar surface area (TPSA) is 67.5 Å². The van der Waals surface area contributed by atoms with Gasteiger partial charge in [-0.1, -0.05) is 24.3 Å². The van der Waals surface area contributed by atoms with E-state index in [2.05, 4.69) is 72.7 Å². The van der Waals surface area contributed by atoms with E-state index in [4.69, 9.17) is 9.31 Å². The highest BCUT2D eigenvalue weighted by Gasteiger charge is 2.52. The van der Waals surface area contributed by atoms with Crippen molar-refractivity contribution in [2.24, 2.45) is 0 Å². The zero-order valence-corrected chi connectivity index (χ0v) is 22.0. The van der Waals surface area contributed by atoms with Crippen molar-refractivity contribution in [2.75, 3.05) is 6.54 Å².